The third kappa shape index (κ3) is 13.8. The zero-order valence-electron chi connectivity index (χ0n) is 32.3. The Morgan fingerprint density at radius 1 is 0.649 bits per heavy atom. The van der Waals surface area contributed by atoms with Crippen LogP contribution in [-0.4, -0.2) is 112 Å². The fourth-order valence-electron chi connectivity index (χ4n) is 6.57. The third-order valence-electron chi connectivity index (χ3n) is 9.45. The van der Waals surface area contributed by atoms with Crippen molar-refractivity contribution in [2.75, 3.05) is 52.4 Å². The zero-order chi connectivity index (χ0) is 41.7. The van der Waals surface area contributed by atoms with Gasteiger partial charge in [0.25, 0.3) is 0 Å². The first-order valence-corrected chi connectivity index (χ1v) is 18.1. The minimum absolute atomic E-state index is 0. The number of amides is 3. The van der Waals surface area contributed by atoms with Gasteiger partial charge < -0.3 is 39.3 Å². The summed E-state index contributed by atoms with van der Waals surface area (Å²) in [5.74, 6) is -0.732. The van der Waals surface area contributed by atoms with E-state index in [1.165, 1.54) is 17.7 Å². The number of carbonyl (C=O) groups excluding carboxylic acids is 3. The second-order valence-electron chi connectivity index (χ2n) is 16.6. The van der Waals surface area contributed by atoms with Crippen molar-refractivity contribution >= 4 is 18.3 Å². The van der Waals surface area contributed by atoms with E-state index in [9.17, 15) is 40.7 Å². The van der Waals surface area contributed by atoms with E-state index in [0.717, 1.165) is 44.6 Å². The van der Waals surface area contributed by atoms with Crippen molar-refractivity contribution in [3.63, 3.8) is 0 Å². The molecule has 0 atom stereocenters. The largest absolute Gasteiger partial charge is 0.506 e. The molecule has 57 heavy (non-hydrogen) atoms. The Balaban J connectivity index is 0.000000260. The number of pyridine rings is 2. The van der Waals surface area contributed by atoms with Crippen LogP contribution in [0.15, 0.2) is 36.9 Å². The Morgan fingerprint density at radius 2 is 1.07 bits per heavy atom. The van der Waals surface area contributed by atoms with Crippen LogP contribution in [0.25, 0.3) is 0 Å². The lowest BCUT2D eigenvalue weighted by atomic mass is 9.72. The van der Waals surface area contributed by atoms with E-state index in [1.54, 1.807) is 4.90 Å². The predicted molar refractivity (Wildman–Crippen MR) is 196 cm³/mol. The molecule has 19 heteroatoms. The smallest absolute Gasteiger partial charge is 0.418 e. The summed E-state index contributed by atoms with van der Waals surface area (Å²) in [5.41, 5.74) is -2.51. The highest BCUT2D eigenvalue weighted by atomic mass is 19.4. The molecule has 2 spiro atoms. The molecule has 4 saturated heterocycles. The van der Waals surface area contributed by atoms with Crippen molar-refractivity contribution < 1.29 is 60.0 Å². The van der Waals surface area contributed by atoms with Crippen molar-refractivity contribution in [2.45, 2.75) is 98.2 Å². The van der Waals surface area contributed by atoms with Crippen LogP contribution < -0.4 is 10.1 Å². The maximum absolute atomic E-state index is 12.7. The lowest BCUT2D eigenvalue weighted by Gasteiger charge is -2.53. The molecule has 6 rings (SSSR count). The molecule has 0 saturated carbocycles. The topological polar surface area (TPSA) is 147 Å². The molecular formula is C38H54F6N6O7. The van der Waals surface area contributed by atoms with Gasteiger partial charge in [-0.3, -0.25) is 9.97 Å². The van der Waals surface area contributed by atoms with Crippen LogP contribution >= 0.6 is 0 Å². The van der Waals surface area contributed by atoms with Crippen LogP contribution in [0.5, 0.6) is 11.5 Å². The van der Waals surface area contributed by atoms with Gasteiger partial charge in [0.05, 0.1) is 23.5 Å². The summed E-state index contributed by atoms with van der Waals surface area (Å²) in [4.78, 5) is 47.7. The normalized spacial score (nSPS) is 18.6. The molecule has 6 heterocycles. The van der Waals surface area contributed by atoms with Gasteiger partial charge in [-0.1, -0.05) is 7.43 Å². The minimum atomic E-state index is -4.56. The molecule has 0 radical (unpaired) electrons. The molecule has 4 aliphatic rings. The number of alkyl halides is 6. The van der Waals surface area contributed by atoms with E-state index in [2.05, 4.69) is 15.3 Å². The number of aromatic nitrogens is 2. The second-order valence-corrected chi connectivity index (χ2v) is 16.6. The van der Waals surface area contributed by atoms with E-state index in [1.807, 2.05) is 46.4 Å². The van der Waals surface area contributed by atoms with Gasteiger partial charge in [0.15, 0.2) is 5.75 Å². The summed E-state index contributed by atoms with van der Waals surface area (Å²) < 4.78 is 89.4. The minimum Gasteiger partial charge on any atom is -0.506 e. The summed E-state index contributed by atoms with van der Waals surface area (Å²) in [5, 5.41) is 12.0. The van der Waals surface area contributed by atoms with Gasteiger partial charge in [-0.05, 0) is 92.4 Å². The fraction of sp³-hybridized carbons (Fsp3) is 0.658. The number of piperidine rings is 2. The number of likely N-dealkylation sites (tertiary alicyclic amines) is 3. The maximum atomic E-state index is 12.7. The van der Waals surface area contributed by atoms with Crippen LogP contribution in [0, 0.1) is 10.8 Å². The maximum Gasteiger partial charge on any atom is 0.418 e. The van der Waals surface area contributed by atoms with Gasteiger partial charge in [0.1, 0.15) is 17.0 Å². The summed E-state index contributed by atoms with van der Waals surface area (Å²) >= 11 is 0. The van der Waals surface area contributed by atoms with Gasteiger partial charge in [-0.25, -0.2) is 14.4 Å². The number of nitrogens with zero attached hydrogens (tertiary/aromatic N) is 5. The number of halogens is 6. The first kappa shape index (κ1) is 46.8. The molecule has 0 bridgehead atoms. The SMILES string of the molecule is C.CC(C)(C)OC(=O)N1CC2(CCN(C(=O)Oc3cncc(C(F)(F)F)c3)CC2)C1.CC(C)(C)OC(=O)N1CC2(CCNCC2)C1.Oc1cncc(C(F)(F)F)c1. The van der Waals surface area contributed by atoms with E-state index in [4.69, 9.17) is 19.3 Å². The highest BCUT2D eigenvalue weighted by molar-refractivity contribution is 5.71. The lowest BCUT2D eigenvalue weighted by Crippen LogP contribution is -2.62. The fourth-order valence-corrected chi connectivity index (χ4v) is 6.57. The molecule has 13 nitrogen and oxygen atoms in total. The molecular weight excluding hydrogens is 766 g/mol. The molecule has 2 aromatic heterocycles. The Hall–Kier alpha value is -4.55. The number of rotatable bonds is 1. The molecule has 2 aromatic rings. The number of aromatic hydroxyl groups is 1. The van der Waals surface area contributed by atoms with Crippen molar-refractivity contribution in [2.24, 2.45) is 10.8 Å². The Kier molecular flexibility index (Phi) is 14.7. The standard InChI is InChI=1S/C19H24F3N3O4.C12H22N2O2.C6H4F3NO.CH4/c1-17(2,3)29-16(27)25-11-18(12-25)4-6-24(7-5-18)15(26)28-14-8-13(9-23-10-14)19(20,21)22;1-11(2,3)16-10(15)14-8-12(9-14)4-6-13-7-5-12;7-6(8,9)4-1-5(11)3-10-2-4;/h8-10H,4-7,11-12H2,1-3H3;13H,4-9H2,1-3H3;1-3,11H;1H4. The first-order valence-electron chi connectivity index (χ1n) is 18.1. The predicted octanol–water partition coefficient (Wildman–Crippen LogP) is 7.98. The van der Waals surface area contributed by atoms with Gasteiger partial charge in [-0.15, -0.1) is 0 Å². The Morgan fingerprint density at radius 3 is 1.47 bits per heavy atom. The highest BCUT2D eigenvalue weighted by Gasteiger charge is 2.49. The average Bonchev–Trinajstić information content (AvgIpc) is 3.05. The third-order valence-corrected chi connectivity index (χ3v) is 9.45. The molecule has 0 aliphatic carbocycles. The number of hydrogen-bond acceptors (Lipinski definition) is 10. The monoisotopic (exact) mass is 820 g/mol. The number of ether oxygens (including phenoxy) is 3. The van der Waals surface area contributed by atoms with Gasteiger partial charge in [-0.2, -0.15) is 26.3 Å². The summed E-state index contributed by atoms with van der Waals surface area (Å²) in [6, 6.07) is 1.37. The van der Waals surface area contributed by atoms with Crippen molar-refractivity contribution in [3.05, 3.63) is 48.0 Å². The summed E-state index contributed by atoms with van der Waals surface area (Å²) in [7, 11) is 0. The van der Waals surface area contributed by atoms with Crippen LogP contribution in [0.4, 0.5) is 40.7 Å². The number of nitrogens with one attached hydrogen (secondary N) is 1. The van der Waals surface area contributed by atoms with Gasteiger partial charge in [0.2, 0.25) is 0 Å². The number of hydrogen-bond donors (Lipinski definition) is 2. The van der Waals surface area contributed by atoms with Gasteiger partial charge in [0, 0.05) is 62.5 Å². The van der Waals surface area contributed by atoms with E-state index < -0.39 is 40.9 Å². The molecule has 0 aromatic carbocycles. The quantitative estimate of drug-likeness (QED) is 0.272. The van der Waals surface area contributed by atoms with Crippen LogP contribution in [0.1, 0.15) is 85.8 Å². The first-order chi connectivity index (χ1) is 25.8. The van der Waals surface area contributed by atoms with Gasteiger partial charge >= 0.3 is 30.6 Å². The van der Waals surface area contributed by atoms with Crippen molar-refractivity contribution in [1.82, 2.24) is 30.0 Å². The Bertz CT molecular complexity index is 1670. The van der Waals surface area contributed by atoms with Crippen molar-refractivity contribution in [3.8, 4) is 11.5 Å². The van der Waals surface area contributed by atoms with Crippen LogP contribution in [0.3, 0.4) is 0 Å². The zero-order valence-corrected chi connectivity index (χ0v) is 32.3. The molecule has 3 amide bonds. The molecule has 2 N–H and O–H groups in total. The average molecular weight is 821 g/mol. The molecule has 4 aliphatic heterocycles. The summed E-state index contributed by atoms with van der Waals surface area (Å²) in [6.45, 7) is 17.0. The van der Waals surface area contributed by atoms with Crippen molar-refractivity contribution in [1.29, 1.82) is 0 Å². The molecule has 320 valence electrons. The Labute approximate surface area is 329 Å². The second kappa shape index (κ2) is 17.9. The lowest BCUT2D eigenvalue weighted by molar-refractivity contribution is -0.138. The van der Waals surface area contributed by atoms with E-state index in [-0.39, 0.29) is 36.4 Å². The van der Waals surface area contributed by atoms with E-state index >= 15 is 0 Å². The molecule has 4 fully saturated rings. The molecule has 0 unspecified atom stereocenters. The van der Waals surface area contributed by atoms with Crippen LogP contribution in [-0.2, 0) is 21.8 Å². The summed E-state index contributed by atoms with van der Waals surface area (Å²) in [6.07, 6.45) is -3.12. The highest BCUT2D eigenvalue weighted by Crippen LogP contribution is 2.42. The van der Waals surface area contributed by atoms with Crippen LogP contribution in [0.2, 0.25) is 0 Å². The number of carbonyl (C=O) groups is 3. The van der Waals surface area contributed by atoms with E-state index in [0.29, 0.717) is 62.9 Å².